The van der Waals surface area contributed by atoms with Gasteiger partial charge >= 0.3 is 0 Å². The molecular weight excluding hydrogens is 276 g/mol. The minimum absolute atomic E-state index is 0.00758. The highest BCUT2D eigenvalue weighted by Gasteiger charge is 2.35. The first-order valence-corrected chi connectivity index (χ1v) is 8.32. The molecule has 0 spiro atoms. The number of rotatable bonds is 3. The fourth-order valence-electron chi connectivity index (χ4n) is 2.58. The second-order valence-electron chi connectivity index (χ2n) is 5.12. The van der Waals surface area contributed by atoms with E-state index in [1.54, 1.807) is 6.20 Å². The summed E-state index contributed by atoms with van der Waals surface area (Å²) in [6.07, 6.45) is 0.906. The van der Waals surface area contributed by atoms with Crippen molar-refractivity contribution in [3.05, 3.63) is 42.1 Å². The molecule has 2 heterocycles. The minimum Gasteiger partial charge on any atom is -0.390 e. The number of nitrogens with zero attached hydrogens (tertiary/aromatic N) is 1. The number of hydrogen-bond donors (Lipinski definition) is 2. The van der Waals surface area contributed by atoms with Crippen molar-refractivity contribution in [1.29, 1.82) is 0 Å². The maximum atomic E-state index is 11.5. The molecule has 1 aliphatic heterocycles. The zero-order chi connectivity index (χ0) is 14.2. The predicted molar refractivity (Wildman–Crippen MR) is 77.0 cm³/mol. The van der Waals surface area contributed by atoms with Gasteiger partial charge in [-0.15, -0.1) is 0 Å². The third-order valence-electron chi connectivity index (χ3n) is 3.59. The van der Waals surface area contributed by atoms with Gasteiger partial charge in [0, 0.05) is 24.2 Å². The number of sulfone groups is 1. The normalized spacial score (nSPS) is 25.1. The number of aliphatic hydroxyl groups excluding tert-OH is 1. The van der Waals surface area contributed by atoms with Crippen LogP contribution >= 0.6 is 0 Å². The van der Waals surface area contributed by atoms with Crippen LogP contribution in [0.4, 0.5) is 0 Å². The third-order valence-corrected chi connectivity index (χ3v) is 5.31. The van der Waals surface area contributed by atoms with E-state index in [2.05, 4.69) is 10.3 Å². The monoisotopic (exact) mass is 292 g/mol. The molecule has 0 saturated carbocycles. The van der Waals surface area contributed by atoms with Gasteiger partial charge in [0.2, 0.25) is 0 Å². The highest BCUT2D eigenvalue weighted by molar-refractivity contribution is 7.91. The highest BCUT2D eigenvalue weighted by atomic mass is 32.2. The highest BCUT2D eigenvalue weighted by Crippen LogP contribution is 2.17. The lowest BCUT2D eigenvalue weighted by molar-refractivity contribution is 0.165. The van der Waals surface area contributed by atoms with Crippen LogP contribution in [0.1, 0.15) is 5.56 Å². The van der Waals surface area contributed by atoms with E-state index in [9.17, 15) is 13.5 Å². The molecule has 0 aliphatic carbocycles. The lowest BCUT2D eigenvalue weighted by Gasteiger charge is -2.15. The van der Waals surface area contributed by atoms with E-state index in [0.29, 0.717) is 6.54 Å². The van der Waals surface area contributed by atoms with Crippen LogP contribution in [0.5, 0.6) is 0 Å². The Hall–Kier alpha value is -1.50. The van der Waals surface area contributed by atoms with Gasteiger partial charge in [0.25, 0.3) is 0 Å². The molecular formula is C14H16N2O3S. The topological polar surface area (TPSA) is 79.3 Å². The summed E-state index contributed by atoms with van der Waals surface area (Å²) < 4.78 is 22.9. The molecule has 5 nitrogen and oxygen atoms in total. The van der Waals surface area contributed by atoms with Crippen LogP contribution in [0, 0.1) is 0 Å². The Balaban J connectivity index is 1.78. The van der Waals surface area contributed by atoms with Crippen molar-refractivity contribution >= 4 is 20.7 Å². The maximum Gasteiger partial charge on any atom is 0.154 e. The Labute approximate surface area is 117 Å². The van der Waals surface area contributed by atoms with Crippen LogP contribution in [0.2, 0.25) is 0 Å². The van der Waals surface area contributed by atoms with E-state index in [1.165, 1.54) is 0 Å². The molecule has 2 N–H and O–H groups in total. The summed E-state index contributed by atoms with van der Waals surface area (Å²) in [4.78, 5) is 4.35. The molecule has 2 atom stereocenters. The number of fused-ring (bicyclic) bond motifs is 1. The first-order valence-electron chi connectivity index (χ1n) is 6.50. The number of nitrogens with one attached hydrogen (secondary N) is 1. The summed E-state index contributed by atoms with van der Waals surface area (Å²) in [5.74, 6) is -0.162. The zero-order valence-electron chi connectivity index (χ0n) is 10.9. The van der Waals surface area contributed by atoms with E-state index in [1.807, 2.05) is 30.3 Å². The predicted octanol–water partition coefficient (Wildman–Crippen LogP) is 0.482. The van der Waals surface area contributed by atoms with Crippen LogP contribution in [-0.2, 0) is 16.4 Å². The molecule has 3 rings (SSSR count). The Kier molecular flexibility index (Phi) is 3.45. The fraction of sp³-hybridized carbons (Fsp3) is 0.357. The summed E-state index contributed by atoms with van der Waals surface area (Å²) >= 11 is 0. The van der Waals surface area contributed by atoms with Gasteiger partial charge < -0.3 is 10.4 Å². The van der Waals surface area contributed by atoms with Gasteiger partial charge in [0.15, 0.2) is 9.84 Å². The molecule has 1 aliphatic rings. The van der Waals surface area contributed by atoms with Gasteiger partial charge in [-0.1, -0.05) is 24.3 Å². The number of pyridine rings is 1. The molecule has 2 aromatic rings. The Morgan fingerprint density at radius 1 is 1.25 bits per heavy atom. The molecule has 6 heteroatoms. The number of benzene rings is 1. The molecule has 1 aromatic heterocycles. The van der Waals surface area contributed by atoms with Crippen molar-refractivity contribution in [1.82, 2.24) is 10.3 Å². The smallest absolute Gasteiger partial charge is 0.154 e. The first-order chi connectivity index (χ1) is 9.55. The van der Waals surface area contributed by atoms with Gasteiger partial charge in [-0.25, -0.2) is 8.42 Å². The third kappa shape index (κ3) is 2.67. The van der Waals surface area contributed by atoms with Crippen LogP contribution in [0.25, 0.3) is 10.9 Å². The second-order valence-corrected chi connectivity index (χ2v) is 7.28. The number of para-hydroxylation sites is 1. The quantitative estimate of drug-likeness (QED) is 0.860. The summed E-state index contributed by atoms with van der Waals surface area (Å²) in [5, 5.41) is 13.9. The average Bonchev–Trinajstić information content (AvgIpc) is 2.69. The standard InChI is InChI=1S/C14H16N2O3S/c17-13-9-20(18,19)8-12(13)16-7-11-4-1-3-10-5-2-6-15-14(10)11/h1-6,12-13,16-17H,7-9H2. The second kappa shape index (κ2) is 5.12. The first kappa shape index (κ1) is 13.5. The van der Waals surface area contributed by atoms with Gasteiger partial charge in [-0.2, -0.15) is 0 Å². The summed E-state index contributed by atoms with van der Waals surface area (Å²) in [7, 11) is -3.12. The Morgan fingerprint density at radius 2 is 2.05 bits per heavy atom. The van der Waals surface area contributed by atoms with Crippen molar-refractivity contribution in [3.8, 4) is 0 Å². The lowest BCUT2D eigenvalue weighted by Crippen LogP contribution is -2.38. The van der Waals surface area contributed by atoms with Crippen LogP contribution in [0.3, 0.4) is 0 Å². The Bertz CT molecular complexity index is 725. The van der Waals surface area contributed by atoms with Crippen molar-refractivity contribution in [3.63, 3.8) is 0 Å². The largest absolute Gasteiger partial charge is 0.390 e. The molecule has 20 heavy (non-hydrogen) atoms. The van der Waals surface area contributed by atoms with Gasteiger partial charge in [-0.05, 0) is 11.6 Å². The van der Waals surface area contributed by atoms with E-state index in [0.717, 1.165) is 16.5 Å². The summed E-state index contributed by atoms with van der Waals surface area (Å²) in [6, 6.07) is 9.36. The Morgan fingerprint density at radius 3 is 2.80 bits per heavy atom. The molecule has 0 radical (unpaired) electrons. The molecule has 1 saturated heterocycles. The van der Waals surface area contributed by atoms with Gasteiger partial charge in [0.05, 0.1) is 23.1 Å². The van der Waals surface area contributed by atoms with Gasteiger partial charge in [-0.3, -0.25) is 4.98 Å². The van der Waals surface area contributed by atoms with Gasteiger partial charge in [0.1, 0.15) is 0 Å². The lowest BCUT2D eigenvalue weighted by atomic mass is 10.1. The molecule has 0 bridgehead atoms. The summed E-state index contributed by atoms with van der Waals surface area (Å²) in [6.45, 7) is 0.492. The molecule has 1 aromatic carbocycles. The zero-order valence-corrected chi connectivity index (χ0v) is 11.7. The minimum atomic E-state index is -3.12. The van der Waals surface area contributed by atoms with Crippen molar-refractivity contribution in [2.45, 2.75) is 18.7 Å². The summed E-state index contributed by atoms with van der Waals surface area (Å²) in [5.41, 5.74) is 1.90. The van der Waals surface area contributed by atoms with Crippen LogP contribution < -0.4 is 5.32 Å². The maximum absolute atomic E-state index is 11.5. The van der Waals surface area contributed by atoms with Crippen molar-refractivity contribution in [2.24, 2.45) is 0 Å². The molecule has 0 amide bonds. The van der Waals surface area contributed by atoms with Crippen LogP contribution in [0.15, 0.2) is 36.5 Å². The molecule has 1 fully saturated rings. The average molecular weight is 292 g/mol. The number of hydrogen-bond acceptors (Lipinski definition) is 5. The fourth-order valence-corrected chi connectivity index (χ4v) is 4.35. The van der Waals surface area contributed by atoms with E-state index >= 15 is 0 Å². The number of aliphatic hydroxyl groups is 1. The van der Waals surface area contributed by atoms with E-state index in [-0.39, 0.29) is 11.5 Å². The van der Waals surface area contributed by atoms with Crippen molar-refractivity contribution < 1.29 is 13.5 Å². The van der Waals surface area contributed by atoms with E-state index in [4.69, 9.17) is 0 Å². The molecule has 106 valence electrons. The number of aromatic nitrogens is 1. The van der Waals surface area contributed by atoms with Crippen LogP contribution in [-0.4, -0.2) is 42.2 Å². The van der Waals surface area contributed by atoms with E-state index < -0.39 is 22.0 Å². The van der Waals surface area contributed by atoms with Crippen molar-refractivity contribution in [2.75, 3.05) is 11.5 Å². The SMILES string of the molecule is O=S1(=O)CC(O)C(NCc2cccc3cccnc23)C1. The molecule has 2 unspecified atom stereocenters.